The van der Waals surface area contributed by atoms with Gasteiger partial charge in [0.2, 0.25) is 5.95 Å². The van der Waals surface area contributed by atoms with E-state index in [-0.39, 0.29) is 0 Å². The Morgan fingerprint density at radius 1 is 1.71 bits per heavy atom. The first-order valence-electron chi connectivity index (χ1n) is 4.00. The van der Waals surface area contributed by atoms with Crippen LogP contribution in [-0.2, 0) is 10.3 Å². The first-order valence-corrected chi connectivity index (χ1v) is 4.00. The minimum atomic E-state index is -1.54. The van der Waals surface area contributed by atoms with Crippen molar-refractivity contribution in [2.45, 2.75) is 19.4 Å². The van der Waals surface area contributed by atoms with Gasteiger partial charge < -0.3 is 10.8 Å². The molecule has 0 bridgehead atoms. The molecule has 1 atom stereocenters. The van der Waals surface area contributed by atoms with Crippen LogP contribution in [-0.4, -0.2) is 16.1 Å². The molecule has 0 saturated carbocycles. The Morgan fingerprint density at radius 2 is 2.29 bits per heavy atom. The van der Waals surface area contributed by atoms with E-state index >= 15 is 0 Å². The molecule has 14 heavy (non-hydrogen) atoms. The van der Waals surface area contributed by atoms with Crippen LogP contribution in [0.3, 0.4) is 0 Å². The third-order valence-corrected chi connectivity index (χ3v) is 2.08. The van der Waals surface area contributed by atoms with Crippen molar-refractivity contribution in [3.63, 3.8) is 0 Å². The van der Waals surface area contributed by atoms with Crippen molar-refractivity contribution in [2.24, 2.45) is 5.73 Å². The lowest BCUT2D eigenvalue weighted by molar-refractivity contribution is -0.143. The number of nitrogens with two attached hydrogens (primary N) is 1. The maximum absolute atomic E-state index is 12.6. The minimum Gasteiger partial charge on any atom is -0.480 e. The Hall–Kier alpha value is -1.49. The molecule has 5 heteroatoms. The van der Waals surface area contributed by atoms with Gasteiger partial charge in [0.1, 0.15) is 5.54 Å². The third-order valence-electron chi connectivity index (χ3n) is 2.08. The molecular formula is C9H11FN2O2. The number of carboxylic acid groups (broad SMARTS) is 1. The van der Waals surface area contributed by atoms with Crippen LogP contribution in [0.25, 0.3) is 0 Å². The maximum atomic E-state index is 12.6. The second-order valence-electron chi connectivity index (χ2n) is 3.33. The van der Waals surface area contributed by atoms with Crippen molar-refractivity contribution >= 4 is 5.97 Å². The predicted octanol–water partition coefficient (Wildman–Crippen LogP) is 0.788. The molecule has 0 aliphatic carbocycles. The van der Waals surface area contributed by atoms with E-state index in [2.05, 4.69) is 4.98 Å². The molecule has 4 nitrogen and oxygen atoms in total. The summed E-state index contributed by atoms with van der Waals surface area (Å²) < 4.78 is 12.6. The summed E-state index contributed by atoms with van der Waals surface area (Å²) in [6, 6.07) is 1.16. The summed E-state index contributed by atoms with van der Waals surface area (Å²) in [6.07, 6.45) is 1.15. The van der Waals surface area contributed by atoms with Gasteiger partial charge in [0.15, 0.2) is 0 Å². The largest absolute Gasteiger partial charge is 0.480 e. The number of halogens is 1. The summed E-state index contributed by atoms with van der Waals surface area (Å²) in [4.78, 5) is 14.2. The molecule has 1 aromatic heterocycles. The van der Waals surface area contributed by atoms with Gasteiger partial charge in [-0.3, -0.25) is 0 Å². The van der Waals surface area contributed by atoms with E-state index in [1.54, 1.807) is 6.92 Å². The lowest BCUT2D eigenvalue weighted by atomic mass is 9.91. The van der Waals surface area contributed by atoms with Gasteiger partial charge in [-0.05, 0) is 25.5 Å². The predicted molar refractivity (Wildman–Crippen MR) is 48.1 cm³/mol. The Kier molecular flexibility index (Phi) is 2.53. The van der Waals surface area contributed by atoms with Crippen molar-refractivity contribution in [2.75, 3.05) is 0 Å². The van der Waals surface area contributed by atoms with E-state index in [0.717, 1.165) is 12.3 Å². The first kappa shape index (κ1) is 10.6. The number of carboxylic acids is 1. The zero-order valence-electron chi connectivity index (χ0n) is 7.91. The van der Waals surface area contributed by atoms with Crippen molar-refractivity contribution in [3.05, 3.63) is 29.3 Å². The van der Waals surface area contributed by atoms with Crippen LogP contribution in [0.1, 0.15) is 18.1 Å². The van der Waals surface area contributed by atoms with Crippen molar-refractivity contribution in [1.82, 2.24) is 4.98 Å². The Morgan fingerprint density at radius 3 is 2.71 bits per heavy atom. The van der Waals surface area contributed by atoms with Gasteiger partial charge in [0.25, 0.3) is 0 Å². The molecular weight excluding hydrogens is 187 g/mol. The van der Waals surface area contributed by atoms with Crippen molar-refractivity contribution < 1.29 is 14.3 Å². The first-order chi connectivity index (χ1) is 6.35. The summed E-state index contributed by atoms with van der Waals surface area (Å²) in [7, 11) is 0. The lowest BCUT2D eigenvalue weighted by Gasteiger charge is -2.21. The van der Waals surface area contributed by atoms with Gasteiger partial charge >= 0.3 is 5.97 Å². The highest BCUT2D eigenvalue weighted by molar-refractivity contribution is 5.80. The number of hydrogen-bond donors (Lipinski definition) is 2. The second kappa shape index (κ2) is 3.34. The average molecular weight is 198 g/mol. The van der Waals surface area contributed by atoms with Crippen LogP contribution >= 0.6 is 0 Å². The SMILES string of the molecule is Cc1cc(F)ncc1[C@](C)(N)C(=O)O. The zero-order chi connectivity index (χ0) is 10.9. The third kappa shape index (κ3) is 1.72. The molecule has 1 heterocycles. The highest BCUT2D eigenvalue weighted by Crippen LogP contribution is 2.21. The van der Waals surface area contributed by atoms with E-state index in [9.17, 15) is 9.18 Å². The smallest absolute Gasteiger partial charge is 0.328 e. The number of aliphatic carboxylic acids is 1. The monoisotopic (exact) mass is 198 g/mol. The molecule has 0 aliphatic rings. The van der Waals surface area contributed by atoms with Crippen LogP contribution in [0.2, 0.25) is 0 Å². The van der Waals surface area contributed by atoms with Crippen LogP contribution in [0.15, 0.2) is 12.3 Å². The van der Waals surface area contributed by atoms with Crippen LogP contribution in [0, 0.1) is 12.9 Å². The van der Waals surface area contributed by atoms with Crippen molar-refractivity contribution in [1.29, 1.82) is 0 Å². The van der Waals surface area contributed by atoms with E-state index < -0.39 is 17.5 Å². The number of hydrogen-bond acceptors (Lipinski definition) is 3. The number of aryl methyl sites for hydroxylation is 1. The molecule has 0 spiro atoms. The number of pyridine rings is 1. The molecule has 0 radical (unpaired) electrons. The fraction of sp³-hybridized carbons (Fsp3) is 0.333. The fourth-order valence-electron chi connectivity index (χ4n) is 1.18. The average Bonchev–Trinajstić information content (AvgIpc) is 2.02. The van der Waals surface area contributed by atoms with E-state index in [0.29, 0.717) is 11.1 Å². The number of nitrogens with zero attached hydrogens (tertiary/aromatic N) is 1. The van der Waals surface area contributed by atoms with Crippen LogP contribution < -0.4 is 5.73 Å². The Bertz CT molecular complexity index is 377. The quantitative estimate of drug-likeness (QED) is 0.689. The summed E-state index contributed by atoms with van der Waals surface area (Å²) in [5, 5.41) is 8.84. The van der Waals surface area contributed by atoms with Crippen molar-refractivity contribution in [3.8, 4) is 0 Å². The van der Waals surface area contributed by atoms with E-state index in [1.165, 1.54) is 6.92 Å². The van der Waals surface area contributed by atoms with E-state index in [1.807, 2.05) is 0 Å². The summed E-state index contributed by atoms with van der Waals surface area (Å²) >= 11 is 0. The Balaban J connectivity index is 3.26. The normalized spacial score (nSPS) is 14.9. The molecule has 0 amide bonds. The molecule has 0 saturated heterocycles. The van der Waals surface area contributed by atoms with E-state index in [4.69, 9.17) is 10.8 Å². The van der Waals surface area contributed by atoms with Gasteiger partial charge in [-0.2, -0.15) is 4.39 Å². The fourth-order valence-corrected chi connectivity index (χ4v) is 1.18. The van der Waals surface area contributed by atoms with Gasteiger partial charge in [-0.15, -0.1) is 0 Å². The number of aromatic nitrogens is 1. The van der Waals surface area contributed by atoms with Gasteiger partial charge in [-0.25, -0.2) is 9.78 Å². The highest BCUT2D eigenvalue weighted by Gasteiger charge is 2.32. The Labute approximate surface area is 80.6 Å². The molecule has 76 valence electrons. The van der Waals surface area contributed by atoms with Gasteiger partial charge in [-0.1, -0.05) is 0 Å². The summed E-state index contributed by atoms with van der Waals surface area (Å²) in [5.41, 5.74) is 4.82. The standard InChI is InChI=1S/C9H11FN2O2/c1-5-3-7(10)12-4-6(5)9(2,11)8(13)14/h3-4H,11H2,1-2H3,(H,13,14)/t9-/m0/s1. The topological polar surface area (TPSA) is 76.2 Å². The number of carbonyl (C=O) groups is 1. The second-order valence-corrected chi connectivity index (χ2v) is 3.33. The highest BCUT2D eigenvalue weighted by atomic mass is 19.1. The maximum Gasteiger partial charge on any atom is 0.328 e. The molecule has 0 fully saturated rings. The summed E-state index contributed by atoms with van der Waals surface area (Å²) in [6.45, 7) is 2.94. The van der Waals surface area contributed by atoms with Gasteiger partial charge in [0.05, 0.1) is 0 Å². The lowest BCUT2D eigenvalue weighted by Crippen LogP contribution is -2.42. The molecule has 3 N–H and O–H groups in total. The molecule has 1 rings (SSSR count). The minimum absolute atomic E-state index is 0.311. The zero-order valence-corrected chi connectivity index (χ0v) is 7.91. The molecule has 0 aliphatic heterocycles. The molecule has 0 aromatic carbocycles. The molecule has 0 unspecified atom stereocenters. The summed E-state index contributed by atoms with van der Waals surface area (Å²) in [5.74, 6) is -1.82. The molecule has 1 aromatic rings. The van der Waals surface area contributed by atoms with Crippen LogP contribution in [0.4, 0.5) is 4.39 Å². The van der Waals surface area contributed by atoms with Gasteiger partial charge in [0, 0.05) is 11.8 Å². The number of rotatable bonds is 2. The van der Waals surface area contributed by atoms with Crippen LogP contribution in [0.5, 0.6) is 0 Å².